The number of rotatable bonds is 2. The standard InChI is InChI=1S/C9H7F3O2S/c1-15-5-2-3-7(9(10,11)12)6(4-5)8(13)14/h2-4H,1H3,(H,13,14). The van der Waals surface area contributed by atoms with Gasteiger partial charge >= 0.3 is 12.1 Å². The van der Waals surface area contributed by atoms with E-state index in [1.807, 2.05) is 0 Å². The fourth-order valence-electron chi connectivity index (χ4n) is 1.07. The van der Waals surface area contributed by atoms with Crippen LogP contribution in [0, 0.1) is 0 Å². The van der Waals surface area contributed by atoms with Crippen molar-refractivity contribution >= 4 is 17.7 Å². The Morgan fingerprint density at radius 1 is 1.40 bits per heavy atom. The maximum atomic E-state index is 12.4. The second kappa shape index (κ2) is 4.14. The van der Waals surface area contributed by atoms with Gasteiger partial charge in [-0.3, -0.25) is 0 Å². The Labute approximate surface area is 88.1 Å². The van der Waals surface area contributed by atoms with Gasteiger partial charge in [0.1, 0.15) is 0 Å². The normalized spacial score (nSPS) is 11.5. The summed E-state index contributed by atoms with van der Waals surface area (Å²) in [5, 5.41) is 8.64. The summed E-state index contributed by atoms with van der Waals surface area (Å²) in [5.41, 5.74) is -1.83. The largest absolute Gasteiger partial charge is 0.478 e. The van der Waals surface area contributed by atoms with Crippen LogP contribution < -0.4 is 0 Å². The average Bonchev–Trinajstić information content (AvgIpc) is 2.15. The highest BCUT2D eigenvalue weighted by molar-refractivity contribution is 7.98. The molecule has 0 atom stereocenters. The molecule has 1 rings (SSSR count). The number of carboxylic acid groups (broad SMARTS) is 1. The van der Waals surface area contributed by atoms with Crippen LogP contribution in [0.15, 0.2) is 23.1 Å². The Balaban J connectivity index is 3.34. The topological polar surface area (TPSA) is 37.3 Å². The van der Waals surface area contributed by atoms with Gasteiger partial charge in [0.05, 0.1) is 11.1 Å². The van der Waals surface area contributed by atoms with Gasteiger partial charge in [0.25, 0.3) is 0 Å². The summed E-state index contributed by atoms with van der Waals surface area (Å²) < 4.78 is 37.1. The van der Waals surface area contributed by atoms with Crippen molar-refractivity contribution in [3.05, 3.63) is 29.3 Å². The zero-order chi connectivity index (χ0) is 11.6. The molecule has 1 aromatic carbocycles. The van der Waals surface area contributed by atoms with Gasteiger partial charge in [0, 0.05) is 4.90 Å². The molecule has 0 aliphatic heterocycles. The van der Waals surface area contributed by atoms with E-state index in [9.17, 15) is 18.0 Å². The first-order valence-electron chi connectivity index (χ1n) is 3.85. The molecule has 1 N–H and O–H groups in total. The van der Waals surface area contributed by atoms with Crippen molar-refractivity contribution in [3.63, 3.8) is 0 Å². The minimum absolute atomic E-state index is 0.486. The molecule has 0 heterocycles. The van der Waals surface area contributed by atoms with Crippen LogP contribution >= 0.6 is 11.8 Å². The van der Waals surface area contributed by atoms with E-state index in [4.69, 9.17) is 5.11 Å². The molecule has 0 radical (unpaired) electrons. The molecule has 0 unspecified atom stereocenters. The fraction of sp³-hybridized carbons (Fsp3) is 0.222. The molecular weight excluding hydrogens is 229 g/mol. The van der Waals surface area contributed by atoms with Crippen molar-refractivity contribution < 1.29 is 23.1 Å². The molecule has 1 aromatic rings. The third kappa shape index (κ3) is 2.65. The van der Waals surface area contributed by atoms with Gasteiger partial charge in [-0.25, -0.2) is 4.79 Å². The molecule has 82 valence electrons. The fourth-order valence-corrected chi connectivity index (χ4v) is 1.51. The highest BCUT2D eigenvalue weighted by Gasteiger charge is 2.35. The molecule has 0 fully saturated rings. The molecule has 0 amide bonds. The lowest BCUT2D eigenvalue weighted by atomic mass is 10.1. The highest BCUT2D eigenvalue weighted by Crippen LogP contribution is 2.33. The first kappa shape index (κ1) is 11.9. The quantitative estimate of drug-likeness (QED) is 0.801. The van der Waals surface area contributed by atoms with Crippen LogP contribution in [0.3, 0.4) is 0 Å². The van der Waals surface area contributed by atoms with Crippen LogP contribution in [0.25, 0.3) is 0 Å². The number of carboxylic acids is 1. The molecule has 6 heteroatoms. The average molecular weight is 236 g/mol. The lowest BCUT2D eigenvalue weighted by Crippen LogP contribution is -2.12. The highest BCUT2D eigenvalue weighted by atomic mass is 32.2. The maximum absolute atomic E-state index is 12.4. The lowest BCUT2D eigenvalue weighted by Gasteiger charge is -2.10. The van der Waals surface area contributed by atoms with E-state index in [0.29, 0.717) is 4.90 Å². The number of carbonyl (C=O) groups is 1. The predicted octanol–water partition coefficient (Wildman–Crippen LogP) is 3.13. The Morgan fingerprint density at radius 3 is 2.40 bits per heavy atom. The van der Waals surface area contributed by atoms with Gasteiger partial charge in [-0.05, 0) is 24.5 Å². The number of aromatic carboxylic acids is 1. The second-order valence-corrected chi connectivity index (χ2v) is 3.59. The van der Waals surface area contributed by atoms with Gasteiger partial charge in [0.15, 0.2) is 0 Å². The number of hydrogen-bond acceptors (Lipinski definition) is 2. The first-order chi connectivity index (χ1) is 6.86. The predicted molar refractivity (Wildman–Crippen MR) is 50.2 cm³/mol. The van der Waals surface area contributed by atoms with E-state index in [1.165, 1.54) is 17.8 Å². The van der Waals surface area contributed by atoms with Crippen LogP contribution in [-0.4, -0.2) is 17.3 Å². The molecule has 0 saturated carbocycles. The van der Waals surface area contributed by atoms with E-state index >= 15 is 0 Å². The Morgan fingerprint density at radius 2 is 2.00 bits per heavy atom. The summed E-state index contributed by atoms with van der Waals surface area (Å²) in [4.78, 5) is 11.1. The van der Waals surface area contributed by atoms with E-state index in [2.05, 4.69) is 0 Å². The lowest BCUT2D eigenvalue weighted by molar-refractivity contribution is -0.138. The summed E-state index contributed by atoms with van der Waals surface area (Å²) in [6.45, 7) is 0. The number of thioether (sulfide) groups is 1. The molecule has 15 heavy (non-hydrogen) atoms. The van der Waals surface area contributed by atoms with Crippen molar-refractivity contribution in [2.45, 2.75) is 11.1 Å². The zero-order valence-electron chi connectivity index (χ0n) is 7.63. The monoisotopic (exact) mass is 236 g/mol. The molecule has 0 aliphatic rings. The summed E-state index contributed by atoms with van der Waals surface area (Å²) in [7, 11) is 0. The third-order valence-corrected chi connectivity index (χ3v) is 2.49. The van der Waals surface area contributed by atoms with Gasteiger partial charge < -0.3 is 5.11 Å². The van der Waals surface area contributed by atoms with Crippen LogP contribution in [0.1, 0.15) is 15.9 Å². The second-order valence-electron chi connectivity index (χ2n) is 2.71. The van der Waals surface area contributed by atoms with Gasteiger partial charge in [-0.2, -0.15) is 13.2 Å². The maximum Gasteiger partial charge on any atom is 0.417 e. The molecule has 0 aliphatic carbocycles. The van der Waals surface area contributed by atoms with E-state index in [-0.39, 0.29) is 0 Å². The number of hydrogen-bond donors (Lipinski definition) is 1. The Bertz CT molecular complexity index is 387. The minimum Gasteiger partial charge on any atom is -0.478 e. The number of alkyl halides is 3. The van der Waals surface area contributed by atoms with Gasteiger partial charge in [0.2, 0.25) is 0 Å². The van der Waals surface area contributed by atoms with Crippen LogP contribution in [0.2, 0.25) is 0 Å². The Hall–Kier alpha value is -1.17. The van der Waals surface area contributed by atoms with Crippen LogP contribution in [-0.2, 0) is 6.18 Å². The summed E-state index contributed by atoms with van der Waals surface area (Å²) >= 11 is 1.19. The molecule has 2 nitrogen and oxygen atoms in total. The molecule has 0 aromatic heterocycles. The number of benzene rings is 1. The van der Waals surface area contributed by atoms with Crippen molar-refractivity contribution in [2.75, 3.05) is 6.26 Å². The van der Waals surface area contributed by atoms with E-state index < -0.39 is 23.3 Å². The summed E-state index contributed by atoms with van der Waals surface area (Å²) in [6.07, 6.45) is -2.97. The van der Waals surface area contributed by atoms with Crippen molar-refractivity contribution in [1.82, 2.24) is 0 Å². The smallest absolute Gasteiger partial charge is 0.417 e. The van der Waals surface area contributed by atoms with Gasteiger partial charge in [-0.1, -0.05) is 0 Å². The van der Waals surface area contributed by atoms with Crippen molar-refractivity contribution in [1.29, 1.82) is 0 Å². The number of halogens is 3. The summed E-state index contributed by atoms with van der Waals surface area (Å²) in [5.74, 6) is -1.57. The molecule has 0 bridgehead atoms. The van der Waals surface area contributed by atoms with Crippen LogP contribution in [0.4, 0.5) is 13.2 Å². The molecule has 0 spiro atoms. The zero-order valence-corrected chi connectivity index (χ0v) is 8.45. The van der Waals surface area contributed by atoms with Crippen molar-refractivity contribution in [3.8, 4) is 0 Å². The third-order valence-electron chi connectivity index (χ3n) is 1.76. The van der Waals surface area contributed by atoms with Gasteiger partial charge in [-0.15, -0.1) is 11.8 Å². The molecule has 0 saturated heterocycles. The SMILES string of the molecule is CSc1ccc(C(F)(F)F)c(C(=O)O)c1. The summed E-state index contributed by atoms with van der Waals surface area (Å²) in [6, 6.07) is 3.06. The minimum atomic E-state index is -4.63. The molecular formula is C9H7F3O2S. The Kier molecular flexibility index (Phi) is 3.28. The first-order valence-corrected chi connectivity index (χ1v) is 5.07. The van der Waals surface area contributed by atoms with E-state index in [0.717, 1.165) is 12.1 Å². The van der Waals surface area contributed by atoms with Crippen LogP contribution in [0.5, 0.6) is 0 Å². The van der Waals surface area contributed by atoms with Crippen molar-refractivity contribution in [2.24, 2.45) is 0 Å². The van der Waals surface area contributed by atoms with E-state index in [1.54, 1.807) is 6.26 Å².